The van der Waals surface area contributed by atoms with Gasteiger partial charge in [0, 0.05) is 10.5 Å². The van der Waals surface area contributed by atoms with Gasteiger partial charge in [-0.15, -0.1) is 0 Å². The Morgan fingerprint density at radius 2 is 1.82 bits per heavy atom. The molecule has 0 saturated heterocycles. The number of rotatable bonds is 2. The summed E-state index contributed by atoms with van der Waals surface area (Å²) in [4.78, 5) is 11.4. The van der Waals surface area contributed by atoms with E-state index < -0.39 is 17.2 Å². The SMILES string of the molecule is CC(C)(C)OC(=O)NCC#Cc1ccc(SC(F)(F)F)cc1. The van der Waals surface area contributed by atoms with Crippen molar-refractivity contribution in [2.75, 3.05) is 6.54 Å². The van der Waals surface area contributed by atoms with Crippen molar-refractivity contribution in [3.8, 4) is 11.8 Å². The monoisotopic (exact) mass is 331 g/mol. The van der Waals surface area contributed by atoms with E-state index in [1.165, 1.54) is 24.3 Å². The predicted octanol–water partition coefficient (Wildman–Crippen LogP) is 4.17. The zero-order chi connectivity index (χ0) is 16.8. The molecule has 0 aliphatic carbocycles. The zero-order valence-electron chi connectivity index (χ0n) is 12.4. The molecular weight excluding hydrogens is 315 g/mol. The first-order chi connectivity index (χ1) is 10.1. The molecule has 1 amide bonds. The van der Waals surface area contributed by atoms with E-state index >= 15 is 0 Å². The molecule has 0 aliphatic heterocycles. The lowest BCUT2D eigenvalue weighted by atomic mass is 10.2. The number of alkyl carbamates (subject to hydrolysis) is 1. The number of carbonyl (C=O) groups excluding carboxylic acids is 1. The van der Waals surface area contributed by atoms with Crippen molar-refractivity contribution in [1.29, 1.82) is 0 Å². The van der Waals surface area contributed by atoms with E-state index in [-0.39, 0.29) is 23.2 Å². The standard InChI is InChI=1S/C15H16F3NO2S/c1-14(2,3)21-13(20)19-10-4-5-11-6-8-12(9-7-11)22-15(16,17)18/h6-9H,10H2,1-3H3,(H,19,20). The van der Waals surface area contributed by atoms with Gasteiger partial charge in [0.05, 0.1) is 6.54 Å². The molecule has 0 spiro atoms. The average molecular weight is 331 g/mol. The first kappa shape index (κ1) is 18.2. The normalized spacial score (nSPS) is 11.4. The first-order valence-electron chi connectivity index (χ1n) is 6.37. The number of benzene rings is 1. The Balaban J connectivity index is 2.47. The van der Waals surface area contributed by atoms with E-state index in [4.69, 9.17) is 4.74 Å². The summed E-state index contributed by atoms with van der Waals surface area (Å²) in [5.74, 6) is 5.44. The average Bonchev–Trinajstić information content (AvgIpc) is 2.32. The number of carbonyl (C=O) groups is 1. The van der Waals surface area contributed by atoms with Crippen LogP contribution in [0.2, 0.25) is 0 Å². The van der Waals surface area contributed by atoms with Gasteiger partial charge in [0.1, 0.15) is 5.60 Å². The maximum absolute atomic E-state index is 12.2. The maximum atomic E-state index is 12.2. The molecule has 0 aromatic heterocycles. The molecule has 0 radical (unpaired) electrons. The van der Waals surface area contributed by atoms with Gasteiger partial charge >= 0.3 is 11.6 Å². The molecule has 0 saturated carbocycles. The van der Waals surface area contributed by atoms with Crippen LogP contribution in [0.15, 0.2) is 29.2 Å². The van der Waals surface area contributed by atoms with E-state index in [9.17, 15) is 18.0 Å². The summed E-state index contributed by atoms with van der Waals surface area (Å²) in [6, 6.07) is 5.69. The third-order valence-corrected chi connectivity index (χ3v) is 2.78. The number of hydrogen-bond donors (Lipinski definition) is 1. The lowest BCUT2D eigenvalue weighted by molar-refractivity contribution is -0.0328. The summed E-state index contributed by atoms with van der Waals surface area (Å²) in [6.07, 6.45) is -0.571. The van der Waals surface area contributed by atoms with Crippen molar-refractivity contribution in [3.63, 3.8) is 0 Å². The topological polar surface area (TPSA) is 38.3 Å². The predicted molar refractivity (Wildman–Crippen MR) is 79.5 cm³/mol. The molecule has 1 aromatic rings. The number of alkyl halides is 3. The molecule has 0 heterocycles. The Kier molecular flexibility index (Phi) is 6.18. The lowest BCUT2D eigenvalue weighted by Gasteiger charge is -2.18. The summed E-state index contributed by atoms with van der Waals surface area (Å²) < 4.78 is 41.5. The lowest BCUT2D eigenvalue weighted by Crippen LogP contribution is -2.32. The van der Waals surface area contributed by atoms with E-state index in [1.807, 2.05) is 0 Å². The van der Waals surface area contributed by atoms with Crippen LogP contribution < -0.4 is 5.32 Å². The Bertz CT molecular complexity index is 566. The van der Waals surface area contributed by atoms with Gasteiger partial charge in [0.2, 0.25) is 0 Å². The van der Waals surface area contributed by atoms with Crippen molar-refractivity contribution < 1.29 is 22.7 Å². The molecule has 0 fully saturated rings. The van der Waals surface area contributed by atoms with E-state index in [0.717, 1.165) is 0 Å². The van der Waals surface area contributed by atoms with Gasteiger partial charge in [-0.05, 0) is 56.8 Å². The van der Waals surface area contributed by atoms with E-state index in [0.29, 0.717) is 5.56 Å². The molecule has 0 atom stereocenters. The molecule has 7 heteroatoms. The Morgan fingerprint density at radius 3 is 2.32 bits per heavy atom. The Morgan fingerprint density at radius 1 is 1.23 bits per heavy atom. The fourth-order valence-electron chi connectivity index (χ4n) is 1.32. The second-order valence-electron chi connectivity index (χ2n) is 5.23. The second kappa shape index (κ2) is 7.45. The molecule has 1 N–H and O–H groups in total. The highest BCUT2D eigenvalue weighted by atomic mass is 32.2. The Labute approximate surface area is 131 Å². The highest BCUT2D eigenvalue weighted by Crippen LogP contribution is 2.36. The van der Waals surface area contributed by atoms with E-state index in [1.54, 1.807) is 20.8 Å². The number of ether oxygens (including phenoxy) is 1. The van der Waals surface area contributed by atoms with Crippen LogP contribution in [-0.4, -0.2) is 23.7 Å². The number of nitrogens with one attached hydrogen (secondary N) is 1. The minimum Gasteiger partial charge on any atom is -0.444 e. The van der Waals surface area contributed by atoms with E-state index in [2.05, 4.69) is 17.2 Å². The molecular formula is C15H16F3NO2S. The summed E-state index contributed by atoms with van der Waals surface area (Å²) in [5, 5.41) is 2.46. The minimum atomic E-state index is -4.30. The number of amides is 1. The van der Waals surface area contributed by atoms with Crippen LogP contribution in [0, 0.1) is 11.8 Å². The van der Waals surface area contributed by atoms with Crippen LogP contribution in [0.4, 0.5) is 18.0 Å². The van der Waals surface area contributed by atoms with Gasteiger partial charge in [-0.2, -0.15) is 13.2 Å². The molecule has 120 valence electrons. The summed E-state index contributed by atoms with van der Waals surface area (Å²) in [5.41, 5.74) is -4.31. The minimum absolute atomic E-state index is 0.0912. The van der Waals surface area contributed by atoms with Gasteiger partial charge < -0.3 is 10.1 Å². The van der Waals surface area contributed by atoms with Gasteiger partial charge in [0.25, 0.3) is 0 Å². The molecule has 22 heavy (non-hydrogen) atoms. The van der Waals surface area contributed by atoms with Crippen LogP contribution in [0.1, 0.15) is 26.3 Å². The molecule has 0 aliphatic rings. The largest absolute Gasteiger partial charge is 0.446 e. The van der Waals surface area contributed by atoms with Crippen LogP contribution in [0.3, 0.4) is 0 Å². The molecule has 1 aromatic carbocycles. The number of hydrogen-bond acceptors (Lipinski definition) is 3. The van der Waals surface area contributed by atoms with Crippen molar-refractivity contribution >= 4 is 17.9 Å². The highest BCUT2D eigenvalue weighted by molar-refractivity contribution is 8.00. The van der Waals surface area contributed by atoms with Gasteiger partial charge in [-0.1, -0.05) is 11.8 Å². The zero-order valence-corrected chi connectivity index (χ0v) is 13.2. The summed E-state index contributed by atoms with van der Waals surface area (Å²) in [6.45, 7) is 5.34. The van der Waals surface area contributed by atoms with Gasteiger partial charge in [-0.3, -0.25) is 0 Å². The fourth-order valence-corrected chi connectivity index (χ4v) is 1.86. The van der Waals surface area contributed by atoms with Crippen molar-refractivity contribution in [3.05, 3.63) is 29.8 Å². The van der Waals surface area contributed by atoms with Crippen LogP contribution >= 0.6 is 11.8 Å². The first-order valence-corrected chi connectivity index (χ1v) is 7.18. The molecule has 3 nitrogen and oxygen atoms in total. The third kappa shape index (κ3) is 8.47. The van der Waals surface area contributed by atoms with Crippen LogP contribution in [-0.2, 0) is 4.74 Å². The molecule has 0 bridgehead atoms. The van der Waals surface area contributed by atoms with Crippen molar-refractivity contribution in [2.45, 2.75) is 36.8 Å². The maximum Gasteiger partial charge on any atom is 0.446 e. The number of thioether (sulfide) groups is 1. The second-order valence-corrected chi connectivity index (χ2v) is 6.37. The van der Waals surface area contributed by atoms with Crippen molar-refractivity contribution in [1.82, 2.24) is 5.32 Å². The van der Waals surface area contributed by atoms with Gasteiger partial charge in [-0.25, -0.2) is 4.79 Å². The highest BCUT2D eigenvalue weighted by Gasteiger charge is 2.28. The van der Waals surface area contributed by atoms with Crippen molar-refractivity contribution in [2.24, 2.45) is 0 Å². The van der Waals surface area contributed by atoms with Crippen LogP contribution in [0.5, 0.6) is 0 Å². The summed E-state index contributed by atoms with van der Waals surface area (Å²) >= 11 is -0.175. The number of halogens is 3. The Hall–Kier alpha value is -1.81. The third-order valence-electron chi connectivity index (χ3n) is 2.04. The van der Waals surface area contributed by atoms with Crippen LogP contribution in [0.25, 0.3) is 0 Å². The smallest absolute Gasteiger partial charge is 0.444 e. The quantitative estimate of drug-likeness (QED) is 0.653. The summed E-state index contributed by atoms with van der Waals surface area (Å²) in [7, 11) is 0. The molecule has 1 rings (SSSR count). The van der Waals surface area contributed by atoms with Gasteiger partial charge in [0.15, 0.2) is 0 Å². The fraction of sp³-hybridized carbons (Fsp3) is 0.400. The molecule has 0 unspecified atom stereocenters.